The number of hydrogen-bond acceptors (Lipinski definition) is 3. The summed E-state index contributed by atoms with van der Waals surface area (Å²) in [6, 6.07) is -0.715. The van der Waals surface area contributed by atoms with Gasteiger partial charge in [-0.2, -0.15) is 0 Å². The molecule has 1 saturated heterocycles. The number of nitrogens with one attached hydrogen (secondary N) is 2. The summed E-state index contributed by atoms with van der Waals surface area (Å²) in [5, 5.41) is 4.41. The van der Waals surface area contributed by atoms with Crippen LogP contribution >= 0.6 is 0 Å². The number of carbonyl (C=O) groups is 3. The van der Waals surface area contributed by atoms with E-state index in [1.165, 1.54) is 0 Å². The van der Waals surface area contributed by atoms with Gasteiger partial charge in [-0.25, -0.2) is 4.79 Å². The van der Waals surface area contributed by atoms with Gasteiger partial charge in [-0.15, -0.1) is 0 Å². The highest BCUT2D eigenvalue weighted by Crippen LogP contribution is 2.35. The third-order valence-corrected chi connectivity index (χ3v) is 4.34. The fraction of sp³-hybridized carbons (Fsp3) is 0.786. The van der Waals surface area contributed by atoms with Crippen LogP contribution in [0.4, 0.5) is 4.79 Å². The van der Waals surface area contributed by atoms with Gasteiger partial charge in [-0.1, -0.05) is 40.5 Å². The molecule has 0 aliphatic carbocycles. The molecule has 1 fully saturated rings. The van der Waals surface area contributed by atoms with Crippen LogP contribution in [0.15, 0.2) is 0 Å². The fourth-order valence-electron chi connectivity index (χ4n) is 2.35. The quantitative estimate of drug-likeness (QED) is 0.726. The van der Waals surface area contributed by atoms with E-state index in [0.29, 0.717) is 12.8 Å². The third kappa shape index (κ3) is 3.33. The van der Waals surface area contributed by atoms with Gasteiger partial charge in [0.05, 0.1) is 0 Å². The van der Waals surface area contributed by atoms with Crippen molar-refractivity contribution in [2.24, 2.45) is 10.8 Å². The molecular weight excluding hydrogens is 244 g/mol. The van der Waals surface area contributed by atoms with Crippen molar-refractivity contribution in [3.05, 3.63) is 0 Å². The fourth-order valence-corrected chi connectivity index (χ4v) is 2.35. The van der Waals surface area contributed by atoms with E-state index in [9.17, 15) is 14.4 Å². The number of amides is 4. The Morgan fingerprint density at radius 2 is 1.58 bits per heavy atom. The zero-order valence-corrected chi connectivity index (χ0v) is 12.3. The van der Waals surface area contributed by atoms with Gasteiger partial charge in [0.15, 0.2) is 0 Å². The van der Waals surface area contributed by atoms with Crippen molar-refractivity contribution in [1.29, 1.82) is 0 Å². The molecule has 0 radical (unpaired) electrons. The first-order valence-electron chi connectivity index (χ1n) is 6.94. The lowest BCUT2D eigenvalue weighted by Gasteiger charge is -2.34. The van der Waals surface area contributed by atoms with Crippen LogP contribution in [0.25, 0.3) is 0 Å². The second-order valence-corrected chi connectivity index (χ2v) is 6.04. The highest BCUT2D eigenvalue weighted by atomic mass is 16.2. The average Bonchev–Trinajstić information content (AvgIpc) is 2.33. The first-order valence-corrected chi connectivity index (χ1v) is 6.94. The summed E-state index contributed by atoms with van der Waals surface area (Å²) in [6.07, 6.45) is 3.70. The second kappa shape index (κ2) is 5.72. The molecule has 0 aromatic heterocycles. The summed E-state index contributed by atoms with van der Waals surface area (Å²) < 4.78 is 0. The van der Waals surface area contributed by atoms with E-state index >= 15 is 0 Å². The van der Waals surface area contributed by atoms with Gasteiger partial charge in [-0.3, -0.25) is 20.2 Å². The van der Waals surface area contributed by atoms with Gasteiger partial charge in [-0.05, 0) is 24.7 Å². The normalized spacial score (nSPS) is 19.1. The molecule has 19 heavy (non-hydrogen) atoms. The van der Waals surface area contributed by atoms with Gasteiger partial charge < -0.3 is 0 Å². The number of urea groups is 1. The van der Waals surface area contributed by atoms with Crippen molar-refractivity contribution in [2.75, 3.05) is 0 Å². The van der Waals surface area contributed by atoms with Crippen LogP contribution in [0.2, 0.25) is 0 Å². The van der Waals surface area contributed by atoms with Crippen molar-refractivity contribution in [3.63, 3.8) is 0 Å². The molecule has 108 valence electrons. The van der Waals surface area contributed by atoms with Crippen molar-refractivity contribution >= 4 is 17.8 Å². The molecular formula is C14H24N2O3. The predicted octanol–water partition coefficient (Wildman–Crippen LogP) is 2.36. The summed E-state index contributed by atoms with van der Waals surface area (Å²) in [6.45, 7) is 8.29. The number of barbiturate groups is 1. The second-order valence-electron chi connectivity index (χ2n) is 6.04. The smallest absolute Gasteiger partial charge is 0.277 e. The van der Waals surface area contributed by atoms with E-state index in [1.54, 1.807) is 6.92 Å². The minimum absolute atomic E-state index is 0.215. The van der Waals surface area contributed by atoms with Crippen LogP contribution in [-0.2, 0) is 9.59 Å². The van der Waals surface area contributed by atoms with Gasteiger partial charge in [0.25, 0.3) is 0 Å². The minimum Gasteiger partial charge on any atom is -0.277 e. The van der Waals surface area contributed by atoms with Crippen LogP contribution in [0.3, 0.4) is 0 Å². The molecule has 5 heteroatoms. The predicted molar refractivity (Wildman–Crippen MR) is 72.3 cm³/mol. The van der Waals surface area contributed by atoms with E-state index < -0.39 is 23.3 Å². The molecule has 0 bridgehead atoms. The summed E-state index contributed by atoms with van der Waals surface area (Å²) >= 11 is 0. The number of rotatable bonds is 6. The number of hydrogen-bond donors (Lipinski definition) is 2. The zero-order valence-electron chi connectivity index (χ0n) is 12.3. The van der Waals surface area contributed by atoms with Crippen LogP contribution < -0.4 is 10.6 Å². The van der Waals surface area contributed by atoms with Crippen LogP contribution in [-0.4, -0.2) is 17.8 Å². The highest BCUT2D eigenvalue weighted by molar-refractivity contribution is 6.19. The molecule has 0 saturated carbocycles. The van der Waals surface area contributed by atoms with Crippen LogP contribution in [0.5, 0.6) is 0 Å². The molecule has 0 spiro atoms. The topological polar surface area (TPSA) is 75.3 Å². The molecule has 0 aromatic carbocycles. The summed E-state index contributed by atoms with van der Waals surface area (Å²) in [5.74, 6) is -0.920. The Hall–Kier alpha value is -1.39. The molecule has 0 aromatic rings. The summed E-state index contributed by atoms with van der Waals surface area (Å²) in [7, 11) is 0. The van der Waals surface area contributed by atoms with E-state index in [1.807, 2.05) is 0 Å². The maximum atomic E-state index is 12.0. The molecule has 5 nitrogen and oxygen atoms in total. The van der Waals surface area contributed by atoms with E-state index in [2.05, 4.69) is 31.4 Å². The van der Waals surface area contributed by atoms with E-state index in [4.69, 9.17) is 0 Å². The molecule has 0 atom stereocenters. The Bertz CT molecular complexity index is 368. The Kier molecular flexibility index (Phi) is 4.71. The van der Waals surface area contributed by atoms with Crippen LogP contribution in [0, 0.1) is 10.8 Å². The van der Waals surface area contributed by atoms with Gasteiger partial charge >= 0.3 is 6.03 Å². The van der Waals surface area contributed by atoms with Crippen molar-refractivity contribution in [1.82, 2.24) is 10.6 Å². The van der Waals surface area contributed by atoms with Crippen LogP contribution in [0.1, 0.15) is 59.8 Å². The standard InChI is InChI=1S/C14H24N2O3/c1-5-13(3,4)8-7-9-14(6-2)10(17)15-12(19)16-11(14)18/h5-9H2,1-4H3,(H2,15,16,17,18,19). The Morgan fingerprint density at radius 1 is 1.05 bits per heavy atom. The minimum atomic E-state index is -1.09. The lowest BCUT2D eigenvalue weighted by atomic mass is 9.75. The zero-order chi connectivity index (χ0) is 14.7. The molecule has 1 aliphatic heterocycles. The Balaban J connectivity index is 2.73. The molecule has 0 unspecified atom stereocenters. The van der Waals surface area contributed by atoms with Gasteiger partial charge in [0, 0.05) is 0 Å². The van der Waals surface area contributed by atoms with Crippen molar-refractivity contribution < 1.29 is 14.4 Å². The van der Waals surface area contributed by atoms with Crippen molar-refractivity contribution in [2.45, 2.75) is 59.8 Å². The number of carbonyl (C=O) groups excluding carboxylic acids is 3. The molecule has 1 rings (SSSR count). The van der Waals surface area contributed by atoms with Gasteiger partial charge in [0.2, 0.25) is 11.8 Å². The Morgan fingerprint density at radius 3 is 2.00 bits per heavy atom. The summed E-state index contributed by atoms with van der Waals surface area (Å²) in [4.78, 5) is 35.1. The molecule has 1 aliphatic rings. The molecule has 4 amide bonds. The van der Waals surface area contributed by atoms with E-state index in [-0.39, 0.29) is 5.41 Å². The van der Waals surface area contributed by atoms with E-state index in [0.717, 1.165) is 19.3 Å². The first-order chi connectivity index (χ1) is 8.77. The average molecular weight is 268 g/mol. The SMILES string of the molecule is CCC(C)(C)CCCC1(CC)C(=O)NC(=O)NC1=O. The Labute approximate surface area is 114 Å². The number of imide groups is 2. The maximum Gasteiger partial charge on any atom is 0.328 e. The summed E-state index contributed by atoms with van der Waals surface area (Å²) in [5.41, 5.74) is -0.871. The molecule has 2 N–H and O–H groups in total. The molecule has 1 heterocycles. The van der Waals surface area contributed by atoms with Crippen molar-refractivity contribution in [3.8, 4) is 0 Å². The van der Waals surface area contributed by atoms with Gasteiger partial charge in [0.1, 0.15) is 5.41 Å². The first kappa shape index (κ1) is 15.7. The lowest BCUT2D eigenvalue weighted by molar-refractivity contribution is -0.145. The maximum absolute atomic E-state index is 12.0. The monoisotopic (exact) mass is 268 g/mol. The highest BCUT2D eigenvalue weighted by Gasteiger charge is 2.48. The lowest BCUT2D eigenvalue weighted by Crippen LogP contribution is -2.62. The largest absolute Gasteiger partial charge is 0.328 e. The third-order valence-electron chi connectivity index (χ3n) is 4.34.